The smallest absolute Gasteiger partial charge is 0.356 e. The number of rotatable bonds is 5. The van der Waals surface area contributed by atoms with E-state index in [9.17, 15) is 9.59 Å². The summed E-state index contributed by atoms with van der Waals surface area (Å²) in [5.74, 6) is -0.966. The van der Waals surface area contributed by atoms with Crippen LogP contribution in [-0.4, -0.2) is 36.5 Å². The number of carboxylic acids is 1. The van der Waals surface area contributed by atoms with Crippen molar-refractivity contribution in [3.8, 4) is 0 Å². The summed E-state index contributed by atoms with van der Waals surface area (Å²) in [6.45, 7) is 4.52. The number of aromatic nitrogens is 4. The Morgan fingerprint density at radius 1 is 1.40 bits per heavy atom. The Labute approximate surface area is 115 Å². The molecule has 0 aromatic carbocycles. The number of nitrogens with one attached hydrogen (secondary N) is 1. The van der Waals surface area contributed by atoms with E-state index in [1.807, 2.05) is 13.8 Å². The number of carbonyl (C=O) groups excluding carboxylic acids is 1. The van der Waals surface area contributed by atoms with E-state index in [2.05, 4.69) is 15.5 Å². The molecule has 20 heavy (non-hydrogen) atoms. The molecule has 0 bridgehead atoms. The van der Waals surface area contributed by atoms with Gasteiger partial charge in [0.2, 0.25) is 5.91 Å². The molecular weight excluding hydrogens is 262 g/mol. The van der Waals surface area contributed by atoms with E-state index in [-0.39, 0.29) is 18.1 Å². The molecule has 0 saturated heterocycles. The summed E-state index contributed by atoms with van der Waals surface area (Å²) in [5.41, 5.74) is 0.860. The van der Waals surface area contributed by atoms with Crippen molar-refractivity contribution in [1.29, 1.82) is 0 Å². The molecule has 1 amide bonds. The first-order valence-corrected chi connectivity index (χ1v) is 6.10. The molecule has 0 atom stereocenters. The van der Waals surface area contributed by atoms with Gasteiger partial charge in [-0.2, -0.15) is 10.2 Å². The molecule has 2 heterocycles. The van der Waals surface area contributed by atoms with Gasteiger partial charge in [-0.15, -0.1) is 0 Å². The normalized spacial score (nSPS) is 10.5. The molecule has 2 aromatic rings. The third-order valence-electron chi connectivity index (χ3n) is 2.71. The van der Waals surface area contributed by atoms with Crippen LogP contribution >= 0.6 is 0 Å². The fourth-order valence-corrected chi connectivity index (χ4v) is 1.78. The van der Waals surface area contributed by atoms with E-state index in [1.165, 1.54) is 16.9 Å². The van der Waals surface area contributed by atoms with Crippen molar-refractivity contribution in [2.75, 3.05) is 5.32 Å². The van der Waals surface area contributed by atoms with Gasteiger partial charge in [-0.05, 0) is 19.9 Å². The first-order chi connectivity index (χ1) is 9.49. The lowest BCUT2D eigenvalue weighted by Crippen LogP contribution is -2.19. The van der Waals surface area contributed by atoms with E-state index in [4.69, 9.17) is 5.11 Å². The molecule has 0 fully saturated rings. The van der Waals surface area contributed by atoms with Crippen LogP contribution in [0.4, 0.5) is 5.82 Å². The van der Waals surface area contributed by atoms with Crippen molar-refractivity contribution in [1.82, 2.24) is 19.6 Å². The van der Waals surface area contributed by atoms with Crippen molar-refractivity contribution in [3.05, 3.63) is 29.7 Å². The molecule has 0 spiro atoms. The Bertz CT molecular complexity index is 643. The predicted octanol–water partition coefficient (Wildman–Crippen LogP) is 0.745. The molecule has 0 aliphatic rings. The topological polar surface area (TPSA) is 102 Å². The maximum absolute atomic E-state index is 11.8. The molecule has 8 nitrogen and oxygen atoms in total. The number of hydrogen-bond acceptors (Lipinski definition) is 4. The lowest BCUT2D eigenvalue weighted by atomic mass is 10.4. The second-order valence-corrected chi connectivity index (χ2v) is 4.24. The first-order valence-electron chi connectivity index (χ1n) is 6.10. The molecule has 0 aliphatic carbocycles. The number of carbonyl (C=O) groups is 2. The second-order valence-electron chi connectivity index (χ2n) is 4.24. The third kappa shape index (κ3) is 3.02. The van der Waals surface area contributed by atoms with Gasteiger partial charge in [0.25, 0.3) is 0 Å². The van der Waals surface area contributed by atoms with Crippen LogP contribution in [0.2, 0.25) is 0 Å². The van der Waals surface area contributed by atoms with E-state index < -0.39 is 5.97 Å². The summed E-state index contributed by atoms with van der Waals surface area (Å²) in [7, 11) is 0. The van der Waals surface area contributed by atoms with Gasteiger partial charge in [0.15, 0.2) is 11.5 Å². The molecule has 106 valence electrons. The maximum Gasteiger partial charge on any atom is 0.356 e. The van der Waals surface area contributed by atoms with Crippen LogP contribution in [0.5, 0.6) is 0 Å². The highest BCUT2D eigenvalue weighted by molar-refractivity contribution is 5.89. The van der Waals surface area contributed by atoms with E-state index in [0.29, 0.717) is 5.82 Å². The van der Waals surface area contributed by atoms with Crippen LogP contribution in [0.15, 0.2) is 18.3 Å². The van der Waals surface area contributed by atoms with Crippen LogP contribution in [0.25, 0.3) is 0 Å². The highest BCUT2D eigenvalue weighted by Gasteiger charge is 2.11. The van der Waals surface area contributed by atoms with Crippen LogP contribution in [0.3, 0.4) is 0 Å². The standard InChI is InChI=1S/C12H15N5O3/c1-3-17-8(2)6-10(15-17)13-11(18)7-16-5-4-9(14-16)12(19)20/h4-6H,3,7H2,1-2H3,(H,19,20)(H,13,15,18). The van der Waals surface area contributed by atoms with Crippen molar-refractivity contribution in [3.63, 3.8) is 0 Å². The van der Waals surface area contributed by atoms with Gasteiger partial charge in [0.1, 0.15) is 6.54 Å². The number of anilines is 1. The number of aromatic carboxylic acids is 1. The zero-order valence-electron chi connectivity index (χ0n) is 11.2. The van der Waals surface area contributed by atoms with Crippen molar-refractivity contribution < 1.29 is 14.7 Å². The number of hydrogen-bond donors (Lipinski definition) is 2. The minimum Gasteiger partial charge on any atom is -0.476 e. The van der Waals surface area contributed by atoms with E-state index >= 15 is 0 Å². The van der Waals surface area contributed by atoms with E-state index in [0.717, 1.165) is 12.2 Å². The molecule has 0 unspecified atom stereocenters. The maximum atomic E-state index is 11.8. The number of nitrogens with zero attached hydrogens (tertiary/aromatic N) is 4. The van der Waals surface area contributed by atoms with Gasteiger partial charge in [-0.1, -0.05) is 0 Å². The first kappa shape index (κ1) is 13.8. The summed E-state index contributed by atoms with van der Waals surface area (Å²) < 4.78 is 3.04. The fourth-order valence-electron chi connectivity index (χ4n) is 1.78. The van der Waals surface area contributed by atoms with E-state index in [1.54, 1.807) is 10.7 Å². The SMILES string of the molecule is CCn1nc(NC(=O)Cn2ccc(C(=O)O)n2)cc1C. The Morgan fingerprint density at radius 2 is 2.15 bits per heavy atom. The summed E-state index contributed by atoms with van der Waals surface area (Å²) in [5, 5.41) is 19.3. The van der Waals surface area contributed by atoms with Crippen LogP contribution < -0.4 is 5.32 Å². The number of aryl methyl sites for hydroxylation is 2. The summed E-state index contributed by atoms with van der Waals surface area (Å²) in [6.07, 6.45) is 1.44. The summed E-state index contributed by atoms with van der Waals surface area (Å²) >= 11 is 0. The third-order valence-corrected chi connectivity index (χ3v) is 2.71. The Hall–Kier alpha value is -2.64. The lowest BCUT2D eigenvalue weighted by Gasteiger charge is -2.02. The van der Waals surface area contributed by atoms with Gasteiger partial charge in [0.05, 0.1) is 0 Å². The zero-order chi connectivity index (χ0) is 14.7. The minimum atomic E-state index is -1.12. The van der Waals surface area contributed by atoms with Crippen LogP contribution in [0.1, 0.15) is 23.1 Å². The molecule has 2 N–H and O–H groups in total. The molecule has 0 radical (unpaired) electrons. The molecule has 0 saturated carbocycles. The van der Waals surface area contributed by atoms with Gasteiger partial charge in [-0.25, -0.2) is 4.79 Å². The fraction of sp³-hybridized carbons (Fsp3) is 0.333. The van der Waals surface area contributed by atoms with Crippen LogP contribution in [-0.2, 0) is 17.9 Å². The zero-order valence-corrected chi connectivity index (χ0v) is 11.2. The van der Waals surface area contributed by atoms with Gasteiger partial charge in [0, 0.05) is 24.5 Å². The monoisotopic (exact) mass is 277 g/mol. The quantitative estimate of drug-likeness (QED) is 0.839. The second kappa shape index (κ2) is 5.55. The molecule has 2 aromatic heterocycles. The average molecular weight is 277 g/mol. The average Bonchev–Trinajstić information content (AvgIpc) is 2.96. The minimum absolute atomic E-state index is 0.0642. The molecule has 8 heteroatoms. The highest BCUT2D eigenvalue weighted by atomic mass is 16.4. The van der Waals surface area contributed by atoms with Crippen molar-refractivity contribution >= 4 is 17.7 Å². The molecule has 0 aliphatic heterocycles. The predicted molar refractivity (Wildman–Crippen MR) is 70.5 cm³/mol. The lowest BCUT2D eigenvalue weighted by molar-refractivity contribution is -0.116. The largest absolute Gasteiger partial charge is 0.476 e. The van der Waals surface area contributed by atoms with Crippen molar-refractivity contribution in [2.24, 2.45) is 0 Å². The Kier molecular flexibility index (Phi) is 3.83. The van der Waals surface area contributed by atoms with Gasteiger partial charge in [-0.3, -0.25) is 14.2 Å². The highest BCUT2D eigenvalue weighted by Crippen LogP contribution is 2.08. The van der Waals surface area contributed by atoms with Crippen LogP contribution in [0, 0.1) is 6.92 Å². The summed E-state index contributed by atoms with van der Waals surface area (Å²) in [4.78, 5) is 22.5. The molecule has 2 rings (SSSR count). The van der Waals surface area contributed by atoms with Gasteiger partial charge < -0.3 is 10.4 Å². The van der Waals surface area contributed by atoms with Gasteiger partial charge >= 0.3 is 5.97 Å². The Balaban J connectivity index is 1.99. The number of carboxylic acid groups (broad SMARTS) is 1. The van der Waals surface area contributed by atoms with Crippen molar-refractivity contribution in [2.45, 2.75) is 26.9 Å². The summed E-state index contributed by atoms with van der Waals surface area (Å²) in [6, 6.07) is 3.11. The molecular formula is C12H15N5O3. The number of amides is 1. The Morgan fingerprint density at radius 3 is 2.70 bits per heavy atom.